The molecular weight excluding hydrogens is 386 g/mol. The van der Waals surface area contributed by atoms with E-state index in [2.05, 4.69) is 16.2 Å². The van der Waals surface area contributed by atoms with Crippen LogP contribution in [0, 0.1) is 6.92 Å². The molecule has 0 fully saturated rings. The van der Waals surface area contributed by atoms with Gasteiger partial charge < -0.3 is 4.74 Å². The predicted molar refractivity (Wildman–Crippen MR) is 109 cm³/mol. The Bertz CT molecular complexity index is 871. The van der Waals surface area contributed by atoms with Gasteiger partial charge in [0.15, 0.2) is 11.7 Å². The quantitative estimate of drug-likeness (QED) is 0.406. The van der Waals surface area contributed by atoms with Crippen molar-refractivity contribution in [2.24, 2.45) is 0 Å². The van der Waals surface area contributed by atoms with Crippen LogP contribution in [0.4, 0.5) is 0 Å². The van der Waals surface area contributed by atoms with E-state index in [0.717, 1.165) is 5.56 Å². The van der Waals surface area contributed by atoms with Crippen molar-refractivity contribution in [1.29, 1.82) is 0 Å². The number of para-hydroxylation sites is 1. The Balaban J connectivity index is 1.72. The standard InChI is InChI=1S/C19H18ClN3O3S/c1-13-6-2-5-9-16(13)26-12-18(25)22-23-19(27)21-17(24)11-10-14-7-3-4-8-15(14)20/h2-11H,12H2,1H3,(H,22,25)(H2,21,23,24,27)/b11-10+. The Morgan fingerprint density at radius 3 is 2.56 bits per heavy atom. The molecule has 2 rings (SSSR count). The van der Waals surface area contributed by atoms with E-state index >= 15 is 0 Å². The van der Waals surface area contributed by atoms with Crippen molar-refractivity contribution in [3.63, 3.8) is 0 Å². The van der Waals surface area contributed by atoms with Crippen LogP contribution in [0.5, 0.6) is 5.75 Å². The van der Waals surface area contributed by atoms with Crippen LogP contribution >= 0.6 is 23.8 Å². The molecule has 2 aromatic rings. The van der Waals surface area contributed by atoms with Crippen LogP contribution in [0.2, 0.25) is 5.02 Å². The first-order valence-corrected chi connectivity index (χ1v) is 8.75. The van der Waals surface area contributed by atoms with Gasteiger partial charge in [0.25, 0.3) is 5.91 Å². The molecule has 0 aliphatic carbocycles. The van der Waals surface area contributed by atoms with E-state index in [1.165, 1.54) is 6.08 Å². The smallest absolute Gasteiger partial charge is 0.276 e. The summed E-state index contributed by atoms with van der Waals surface area (Å²) in [5, 5.41) is 2.89. The molecule has 6 nitrogen and oxygen atoms in total. The zero-order valence-corrected chi connectivity index (χ0v) is 16.1. The van der Waals surface area contributed by atoms with Crippen LogP contribution in [-0.4, -0.2) is 23.5 Å². The highest BCUT2D eigenvalue weighted by Crippen LogP contribution is 2.16. The Hall–Kier alpha value is -2.90. The molecule has 0 saturated heterocycles. The van der Waals surface area contributed by atoms with Gasteiger partial charge in [0.2, 0.25) is 5.91 Å². The highest BCUT2D eigenvalue weighted by molar-refractivity contribution is 7.80. The van der Waals surface area contributed by atoms with E-state index in [-0.39, 0.29) is 11.7 Å². The van der Waals surface area contributed by atoms with Crippen molar-refractivity contribution in [3.05, 3.63) is 70.8 Å². The molecule has 0 saturated carbocycles. The number of hydrogen-bond acceptors (Lipinski definition) is 4. The second-order valence-electron chi connectivity index (χ2n) is 5.40. The number of amides is 2. The highest BCUT2D eigenvalue weighted by Gasteiger charge is 2.06. The minimum atomic E-state index is -0.460. The van der Waals surface area contributed by atoms with E-state index < -0.39 is 11.8 Å². The minimum Gasteiger partial charge on any atom is -0.483 e. The van der Waals surface area contributed by atoms with Gasteiger partial charge in [-0.1, -0.05) is 48.0 Å². The maximum atomic E-state index is 11.8. The monoisotopic (exact) mass is 403 g/mol. The predicted octanol–water partition coefficient (Wildman–Crippen LogP) is 2.76. The van der Waals surface area contributed by atoms with Crippen LogP contribution < -0.4 is 20.9 Å². The lowest BCUT2D eigenvalue weighted by molar-refractivity contribution is -0.123. The minimum absolute atomic E-state index is 0.0481. The molecular formula is C19H18ClN3O3S. The average Bonchev–Trinajstić information content (AvgIpc) is 2.65. The lowest BCUT2D eigenvalue weighted by atomic mass is 10.2. The molecule has 0 atom stereocenters. The Labute approximate surface area is 167 Å². The second kappa shape index (κ2) is 10.3. The van der Waals surface area contributed by atoms with Crippen molar-refractivity contribution < 1.29 is 14.3 Å². The Morgan fingerprint density at radius 1 is 1.11 bits per heavy atom. The number of thiocarbonyl (C=S) groups is 1. The highest BCUT2D eigenvalue weighted by atomic mass is 35.5. The van der Waals surface area contributed by atoms with Gasteiger partial charge in [-0.25, -0.2) is 0 Å². The molecule has 0 radical (unpaired) electrons. The third-order valence-corrected chi connectivity index (χ3v) is 3.87. The molecule has 3 N–H and O–H groups in total. The molecule has 27 heavy (non-hydrogen) atoms. The molecule has 140 valence electrons. The van der Waals surface area contributed by atoms with Gasteiger partial charge in [0.1, 0.15) is 5.75 Å². The topological polar surface area (TPSA) is 79.5 Å². The van der Waals surface area contributed by atoms with E-state index in [1.807, 2.05) is 31.2 Å². The van der Waals surface area contributed by atoms with Crippen LogP contribution in [0.3, 0.4) is 0 Å². The number of benzene rings is 2. The summed E-state index contributed by atoms with van der Waals surface area (Å²) in [6, 6.07) is 14.5. The summed E-state index contributed by atoms with van der Waals surface area (Å²) in [4.78, 5) is 23.6. The maximum Gasteiger partial charge on any atom is 0.276 e. The summed E-state index contributed by atoms with van der Waals surface area (Å²) in [6.45, 7) is 1.69. The normalized spacial score (nSPS) is 10.3. The molecule has 8 heteroatoms. The van der Waals surface area contributed by atoms with Crippen molar-refractivity contribution >= 4 is 46.8 Å². The summed E-state index contributed by atoms with van der Waals surface area (Å²) in [6.07, 6.45) is 2.85. The van der Waals surface area contributed by atoms with Crippen LogP contribution in [-0.2, 0) is 9.59 Å². The Kier molecular flexibility index (Phi) is 7.79. The Morgan fingerprint density at radius 2 is 1.81 bits per heavy atom. The first kappa shape index (κ1) is 20.4. The number of hydrazine groups is 1. The lowest BCUT2D eigenvalue weighted by Gasteiger charge is -2.11. The number of ether oxygens (including phenoxy) is 1. The van der Waals surface area contributed by atoms with Crippen molar-refractivity contribution in [3.8, 4) is 5.75 Å². The molecule has 0 aromatic heterocycles. The van der Waals surface area contributed by atoms with Crippen molar-refractivity contribution in [2.75, 3.05) is 6.61 Å². The summed E-state index contributed by atoms with van der Waals surface area (Å²) in [7, 11) is 0. The number of halogens is 1. The molecule has 2 aromatic carbocycles. The van der Waals surface area contributed by atoms with Gasteiger partial charge in [0.05, 0.1) is 0 Å². The van der Waals surface area contributed by atoms with E-state index in [0.29, 0.717) is 16.3 Å². The number of nitrogens with one attached hydrogen (secondary N) is 3. The largest absolute Gasteiger partial charge is 0.483 e. The van der Waals surface area contributed by atoms with E-state index in [9.17, 15) is 9.59 Å². The SMILES string of the molecule is Cc1ccccc1OCC(=O)NNC(=S)NC(=O)/C=C/c1ccccc1Cl. The number of carbonyl (C=O) groups is 2. The molecule has 0 heterocycles. The van der Waals surface area contributed by atoms with Crippen LogP contribution in [0.15, 0.2) is 54.6 Å². The molecule has 0 bridgehead atoms. The average molecular weight is 404 g/mol. The van der Waals surface area contributed by atoms with Gasteiger partial charge in [-0.05, 0) is 48.5 Å². The third kappa shape index (κ3) is 7.08. The van der Waals surface area contributed by atoms with Gasteiger partial charge in [0, 0.05) is 11.1 Å². The summed E-state index contributed by atoms with van der Waals surface area (Å²) in [5.41, 5.74) is 6.41. The first-order chi connectivity index (χ1) is 13.0. The van der Waals surface area contributed by atoms with Gasteiger partial charge in [-0.15, -0.1) is 0 Å². The molecule has 0 aliphatic rings. The fraction of sp³-hybridized carbons (Fsp3) is 0.105. The second-order valence-corrected chi connectivity index (χ2v) is 6.22. The van der Waals surface area contributed by atoms with E-state index in [1.54, 1.807) is 30.3 Å². The number of rotatable bonds is 5. The first-order valence-electron chi connectivity index (χ1n) is 7.96. The zero-order chi connectivity index (χ0) is 19.6. The van der Waals surface area contributed by atoms with Crippen LogP contribution in [0.1, 0.15) is 11.1 Å². The molecule has 0 unspecified atom stereocenters. The van der Waals surface area contributed by atoms with Crippen LogP contribution in [0.25, 0.3) is 6.08 Å². The van der Waals surface area contributed by atoms with Gasteiger partial charge in [-0.2, -0.15) is 0 Å². The zero-order valence-electron chi connectivity index (χ0n) is 14.5. The molecule has 2 amide bonds. The third-order valence-electron chi connectivity index (χ3n) is 3.32. The summed E-state index contributed by atoms with van der Waals surface area (Å²) in [5.74, 6) is -0.285. The summed E-state index contributed by atoms with van der Waals surface area (Å²) >= 11 is 10.9. The molecule has 0 spiro atoms. The lowest BCUT2D eigenvalue weighted by Crippen LogP contribution is -2.49. The number of hydrogen-bond donors (Lipinski definition) is 3. The number of carbonyl (C=O) groups excluding carboxylic acids is 2. The fourth-order valence-corrected chi connectivity index (χ4v) is 2.34. The maximum absolute atomic E-state index is 11.8. The van der Waals surface area contributed by atoms with E-state index in [4.69, 9.17) is 28.6 Å². The molecule has 0 aliphatic heterocycles. The number of aryl methyl sites for hydroxylation is 1. The van der Waals surface area contributed by atoms with Crippen molar-refractivity contribution in [1.82, 2.24) is 16.2 Å². The van der Waals surface area contributed by atoms with Crippen molar-refractivity contribution in [2.45, 2.75) is 6.92 Å². The summed E-state index contributed by atoms with van der Waals surface area (Å²) < 4.78 is 5.40. The van der Waals surface area contributed by atoms with Gasteiger partial charge >= 0.3 is 0 Å². The fourth-order valence-electron chi connectivity index (χ4n) is 1.98. The van der Waals surface area contributed by atoms with Gasteiger partial charge in [-0.3, -0.25) is 25.8 Å².